The highest BCUT2D eigenvalue weighted by Crippen LogP contribution is 2.26. The first-order valence-corrected chi connectivity index (χ1v) is 9.84. The van der Waals surface area contributed by atoms with Gasteiger partial charge in [-0.3, -0.25) is 14.5 Å². The van der Waals surface area contributed by atoms with Crippen LogP contribution in [0, 0.1) is 11.3 Å². The SMILES string of the molecule is CN(C)C1(C#N)CCN(C(=O)CCNC(=O)c2ccc(C(C)(C)C)cc2)CC1. The van der Waals surface area contributed by atoms with Crippen molar-refractivity contribution in [3.63, 3.8) is 0 Å². The van der Waals surface area contributed by atoms with E-state index in [0.29, 0.717) is 38.0 Å². The Morgan fingerprint density at radius 1 is 1.18 bits per heavy atom. The zero-order valence-electron chi connectivity index (χ0n) is 17.7. The van der Waals surface area contributed by atoms with E-state index < -0.39 is 5.54 Å². The Hall–Kier alpha value is -2.39. The number of likely N-dealkylation sites (tertiary alicyclic amines) is 1. The maximum Gasteiger partial charge on any atom is 0.251 e. The number of benzene rings is 1. The van der Waals surface area contributed by atoms with Gasteiger partial charge in [-0.15, -0.1) is 0 Å². The molecule has 6 heteroatoms. The van der Waals surface area contributed by atoms with Crippen LogP contribution in [-0.4, -0.2) is 60.9 Å². The lowest BCUT2D eigenvalue weighted by atomic mass is 9.87. The number of nitrogens with zero attached hydrogens (tertiary/aromatic N) is 3. The number of nitrogens with one attached hydrogen (secondary N) is 1. The van der Waals surface area contributed by atoms with Crippen molar-refractivity contribution in [2.75, 3.05) is 33.7 Å². The van der Waals surface area contributed by atoms with Crippen LogP contribution in [0.4, 0.5) is 0 Å². The molecule has 0 spiro atoms. The number of amides is 2. The minimum Gasteiger partial charge on any atom is -0.352 e. The average Bonchev–Trinajstić information content (AvgIpc) is 2.67. The molecule has 1 N–H and O–H groups in total. The third-order valence-electron chi connectivity index (χ3n) is 5.65. The van der Waals surface area contributed by atoms with Crippen molar-refractivity contribution in [2.45, 2.75) is 51.0 Å². The van der Waals surface area contributed by atoms with Crippen molar-refractivity contribution in [1.82, 2.24) is 15.1 Å². The summed E-state index contributed by atoms with van der Waals surface area (Å²) in [7, 11) is 3.81. The first-order valence-electron chi connectivity index (χ1n) is 9.84. The van der Waals surface area contributed by atoms with E-state index in [1.54, 1.807) is 4.90 Å². The minimum atomic E-state index is -0.482. The standard InChI is InChI=1S/C22H32N4O2/c1-21(2,3)18-8-6-17(7-9-18)20(28)24-13-10-19(27)26-14-11-22(16-23,12-15-26)25(4)5/h6-9H,10-15H2,1-5H3,(H,24,28). The van der Waals surface area contributed by atoms with Crippen LogP contribution >= 0.6 is 0 Å². The van der Waals surface area contributed by atoms with Crippen molar-refractivity contribution in [2.24, 2.45) is 0 Å². The van der Waals surface area contributed by atoms with Crippen molar-refractivity contribution in [3.05, 3.63) is 35.4 Å². The van der Waals surface area contributed by atoms with E-state index in [2.05, 4.69) is 32.2 Å². The third-order valence-corrected chi connectivity index (χ3v) is 5.65. The summed E-state index contributed by atoms with van der Waals surface area (Å²) >= 11 is 0. The normalized spacial score (nSPS) is 16.5. The maximum absolute atomic E-state index is 12.4. The summed E-state index contributed by atoms with van der Waals surface area (Å²) in [6.07, 6.45) is 1.57. The smallest absolute Gasteiger partial charge is 0.251 e. The molecule has 1 fully saturated rings. The lowest BCUT2D eigenvalue weighted by Crippen LogP contribution is -2.53. The summed E-state index contributed by atoms with van der Waals surface area (Å²) in [4.78, 5) is 28.4. The van der Waals surface area contributed by atoms with Crippen LogP contribution in [0.1, 0.15) is 56.0 Å². The van der Waals surface area contributed by atoms with E-state index in [4.69, 9.17) is 0 Å². The lowest BCUT2D eigenvalue weighted by Gasteiger charge is -2.41. The Labute approximate surface area is 168 Å². The summed E-state index contributed by atoms with van der Waals surface area (Å²) in [6, 6.07) is 9.99. The Bertz CT molecular complexity index is 733. The average molecular weight is 385 g/mol. The quantitative estimate of drug-likeness (QED) is 0.846. The molecule has 0 bridgehead atoms. The summed E-state index contributed by atoms with van der Waals surface area (Å²) in [5.41, 5.74) is 1.34. The van der Waals surface area contributed by atoms with Crippen molar-refractivity contribution in [1.29, 1.82) is 5.26 Å². The van der Waals surface area contributed by atoms with Gasteiger partial charge in [0.15, 0.2) is 0 Å². The second kappa shape index (κ2) is 8.74. The number of piperidine rings is 1. The van der Waals surface area contributed by atoms with Crippen LogP contribution < -0.4 is 5.32 Å². The van der Waals surface area contributed by atoms with E-state index in [0.717, 1.165) is 0 Å². The van der Waals surface area contributed by atoms with Crippen LogP contribution in [0.2, 0.25) is 0 Å². The van der Waals surface area contributed by atoms with E-state index in [9.17, 15) is 14.9 Å². The second-order valence-electron chi connectivity index (χ2n) is 8.75. The zero-order chi connectivity index (χ0) is 20.9. The fraction of sp³-hybridized carbons (Fsp3) is 0.591. The Balaban J connectivity index is 1.80. The summed E-state index contributed by atoms with van der Waals surface area (Å²) < 4.78 is 0. The third kappa shape index (κ3) is 5.11. The molecule has 2 amide bonds. The molecular formula is C22H32N4O2. The summed E-state index contributed by atoms with van der Waals surface area (Å²) in [6.45, 7) is 7.86. The largest absolute Gasteiger partial charge is 0.352 e. The van der Waals surface area contributed by atoms with Crippen molar-refractivity contribution >= 4 is 11.8 Å². The predicted octanol–water partition coefficient (Wildman–Crippen LogP) is 2.55. The van der Waals surface area contributed by atoms with Gasteiger partial charge in [0, 0.05) is 31.6 Å². The predicted molar refractivity (Wildman–Crippen MR) is 110 cm³/mol. The first kappa shape index (κ1) is 21.9. The van der Waals surface area contributed by atoms with Gasteiger partial charge in [-0.1, -0.05) is 32.9 Å². The molecule has 1 aliphatic heterocycles. The lowest BCUT2D eigenvalue weighted by molar-refractivity contribution is -0.133. The van der Waals surface area contributed by atoms with Gasteiger partial charge in [0.1, 0.15) is 5.54 Å². The van der Waals surface area contributed by atoms with Gasteiger partial charge in [-0.05, 0) is 50.0 Å². The Kier molecular flexibility index (Phi) is 6.84. The maximum atomic E-state index is 12.4. The number of hydrogen-bond acceptors (Lipinski definition) is 4. The molecule has 1 heterocycles. The molecule has 0 aliphatic carbocycles. The highest BCUT2D eigenvalue weighted by Gasteiger charge is 2.37. The molecule has 0 unspecified atom stereocenters. The second-order valence-corrected chi connectivity index (χ2v) is 8.75. The molecule has 28 heavy (non-hydrogen) atoms. The van der Waals surface area contributed by atoms with Crippen LogP contribution in [-0.2, 0) is 10.2 Å². The van der Waals surface area contributed by atoms with Gasteiger partial charge in [-0.2, -0.15) is 5.26 Å². The molecule has 1 aromatic carbocycles. The first-order chi connectivity index (χ1) is 13.1. The van der Waals surface area contributed by atoms with Crippen molar-refractivity contribution < 1.29 is 9.59 Å². The number of hydrogen-bond donors (Lipinski definition) is 1. The highest BCUT2D eigenvalue weighted by atomic mass is 16.2. The van der Waals surface area contributed by atoms with Crippen LogP contribution in [0.5, 0.6) is 0 Å². The van der Waals surface area contributed by atoms with Crippen molar-refractivity contribution in [3.8, 4) is 6.07 Å². The molecule has 152 valence electrons. The van der Waals surface area contributed by atoms with Crippen LogP contribution in [0.15, 0.2) is 24.3 Å². The van der Waals surface area contributed by atoms with Gasteiger partial charge in [-0.25, -0.2) is 0 Å². The fourth-order valence-corrected chi connectivity index (χ4v) is 3.45. The monoisotopic (exact) mass is 384 g/mol. The number of carbonyl (C=O) groups excluding carboxylic acids is 2. The van der Waals surface area contributed by atoms with Gasteiger partial charge < -0.3 is 10.2 Å². The zero-order valence-corrected chi connectivity index (χ0v) is 17.7. The summed E-state index contributed by atoms with van der Waals surface area (Å²) in [5, 5.41) is 12.3. The molecule has 6 nitrogen and oxygen atoms in total. The minimum absolute atomic E-state index is 0.0219. The molecule has 1 aromatic rings. The van der Waals surface area contributed by atoms with Gasteiger partial charge in [0.25, 0.3) is 5.91 Å². The molecule has 2 rings (SSSR count). The number of carbonyl (C=O) groups is 2. The topological polar surface area (TPSA) is 76.4 Å². The number of rotatable bonds is 5. The molecule has 0 atom stereocenters. The molecular weight excluding hydrogens is 352 g/mol. The van der Waals surface area contributed by atoms with Crippen LogP contribution in [0.3, 0.4) is 0 Å². The van der Waals surface area contributed by atoms with E-state index in [1.807, 2.05) is 43.3 Å². The summed E-state index contributed by atoms with van der Waals surface area (Å²) in [5.74, 6) is -0.142. The molecule has 1 aliphatic rings. The van der Waals surface area contributed by atoms with E-state index >= 15 is 0 Å². The Morgan fingerprint density at radius 2 is 1.75 bits per heavy atom. The van der Waals surface area contributed by atoms with Crippen LogP contribution in [0.25, 0.3) is 0 Å². The molecule has 0 aromatic heterocycles. The van der Waals surface area contributed by atoms with E-state index in [1.165, 1.54) is 5.56 Å². The Morgan fingerprint density at radius 3 is 2.21 bits per heavy atom. The number of nitriles is 1. The molecule has 1 saturated heterocycles. The fourth-order valence-electron chi connectivity index (χ4n) is 3.45. The molecule has 0 radical (unpaired) electrons. The highest BCUT2D eigenvalue weighted by molar-refractivity contribution is 5.94. The van der Waals surface area contributed by atoms with E-state index in [-0.39, 0.29) is 23.7 Å². The molecule has 0 saturated carbocycles. The van der Waals surface area contributed by atoms with Gasteiger partial charge >= 0.3 is 0 Å². The van der Waals surface area contributed by atoms with Gasteiger partial charge in [0.2, 0.25) is 5.91 Å². The van der Waals surface area contributed by atoms with Gasteiger partial charge in [0.05, 0.1) is 6.07 Å².